The zero-order chi connectivity index (χ0) is 9.42. The van der Waals surface area contributed by atoms with Crippen LogP contribution in [0.2, 0.25) is 0 Å². The van der Waals surface area contributed by atoms with Crippen molar-refractivity contribution in [2.24, 2.45) is 5.92 Å². The Morgan fingerprint density at radius 2 is 1.92 bits per heavy atom. The molecule has 1 aliphatic rings. The summed E-state index contributed by atoms with van der Waals surface area (Å²) in [5.41, 5.74) is 0.140. The quantitative estimate of drug-likeness (QED) is 0.745. The minimum atomic E-state index is -0.499. The van der Waals surface area contributed by atoms with Gasteiger partial charge in [0.15, 0.2) is 0 Å². The lowest BCUT2D eigenvalue weighted by Gasteiger charge is -2.02. The predicted molar refractivity (Wildman–Crippen MR) is 44.3 cm³/mol. The van der Waals surface area contributed by atoms with Crippen LogP contribution in [0.4, 0.5) is 8.78 Å². The fraction of sp³-hybridized carbons (Fsp3) is 0.400. The second kappa shape index (κ2) is 3.07. The number of hydrogen-bond acceptors (Lipinski definition) is 1. The monoisotopic (exact) mass is 184 g/mol. The van der Waals surface area contributed by atoms with Crippen LogP contribution < -0.4 is 0 Å². The highest BCUT2D eigenvalue weighted by Crippen LogP contribution is 2.48. The van der Waals surface area contributed by atoms with Crippen molar-refractivity contribution in [3.8, 4) is 0 Å². The van der Waals surface area contributed by atoms with Crippen LogP contribution in [0.25, 0.3) is 0 Å². The van der Waals surface area contributed by atoms with E-state index in [4.69, 9.17) is 5.11 Å². The summed E-state index contributed by atoms with van der Waals surface area (Å²) in [7, 11) is 0. The molecule has 0 aromatic heterocycles. The lowest BCUT2D eigenvalue weighted by atomic mass is 10.1. The molecule has 1 N–H and O–H groups in total. The molecule has 1 aliphatic carbocycles. The van der Waals surface area contributed by atoms with E-state index >= 15 is 0 Å². The SMILES string of the molecule is OC[C@H]1C[C@@H]1c1c(F)cccc1F. The fourth-order valence-corrected chi connectivity index (χ4v) is 1.67. The highest BCUT2D eigenvalue weighted by molar-refractivity contribution is 5.29. The van der Waals surface area contributed by atoms with Crippen molar-refractivity contribution in [2.75, 3.05) is 6.61 Å². The summed E-state index contributed by atoms with van der Waals surface area (Å²) < 4.78 is 26.3. The molecule has 2 atom stereocenters. The Kier molecular flexibility index (Phi) is 2.04. The maximum absolute atomic E-state index is 13.1. The molecule has 0 unspecified atom stereocenters. The van der Waals surface area contributed by atoms with E-state index in [0.29, 0.717) is 6.42 Å². The molecule has 1 aromatic carbocycles. The van der Waals surface area contributed by atoms with Gasteiger partial charge in [-0.2, -0.15) is 0 Å². The number of rotatable bonds is 2. The smallest absolute Gasteiger partial charge is 0.129 e. The van der Waals surface area contributed by atoms with Crippen LogP contribution >= 0.6 is 0 Å². The first kappa shape index (κ1) is 8.63. The zero-order valence-corrected chi connectivity index (χ0v) is 7.00. The van der Waals surface area contributed by atoms with Crippen molar-refractivity contribution in [1.29, 1.82) is 0 Å². The largest absolute Gasteiger partial charge is 0.396 e. The normalized spacial score (nSPS) is 26.1. The van der Waals surface area contributed by atoms with E-state index in [1.807, 2.05) is 0 Å². The molecule has 0 saturated heterocycles. The van der Waals surface area contributed by atoms with Gasteiger partial charge in [-0.25, -0.2) is 8.78 Å². The molecular formula is C10H10F2O. The van der Waals surface area contributed by atoms with Gasteiger partial charge in [-0.15, -0.1) is 0 Å². The Bertz CT molecular complexity index is 304. The molecule has 1 saturated carbocycles. The molecule has 3 heteroatoms. The first-order valence-electron chi connectivity index (χ1n) is 4.28. The lowest BCUT2D eigenvalue weighted by molar-refractivity contribution is 0.273. The van der Waals surface area contributed by atoms with Crippen molar-refractivity contribution < 1.29 is 13.9 Å². The van der Waals surface area contributed by atoms with Crippen molar-refractivity contribution in [3.05, 3.63) is 35.4 Å². The van der Waals surface area contributed by atoms with Gasteiger partial charge in [-0.3, -0.25) is 0 Å². The van der Waals surface area contributed by atoms with Crippen molar-refractivity contribution in [2.45, 2.75) is 12.3 Å². The number of aliphatic hydroxyl groups is 1. The highest BCUT2D eigenvalue weighted by atomic mass is 19.1. The number of aliphatic hydroxyl groups excluding tert-OH is 1. The average molecular weight is 184 g/mol. The Labute approximate surface area is 75.0 Å². The molecule has 0 aliphatic heterocycles. The van der Waals surface area contributed by atoms with E-state index in [-0.39, 0.29) is 24.0 Å². The van der Waals surface area contributed by atoms with Gasteiger partial charge in [0.1, 0.15) is 11.6 Å². The lowest BCUT2D eigenvalue weighted by Crippen LogP contribution is -1.96. The summed E-state index contributed by atoms with van der Waals surface area (Å²) in [6.07, 6.45) is 0.689. The molecule has 0 amide bonds. The standard InChI is InChI=1S/C10H10F2O/c11-8-2-1-3-9(12)10(8)7-4-6(7)5-13/h1-3,6-7,13H,4-5H2/t6-,7+/m1/s1. The first-order chi connectivity index (χ1) is 6.24. The Balaban J connectivity index is 2.30. The molecule has 13 heavy (non-hydrogen) atoms. The molecule has 1 fully saturated rings. The maximum Gasteiger partial charge on any atom is 0.129 e. The third kappa shape index (κ3) is 1.44. The molecule has 1 aromatic rings. The van der Waals surface area contributed by atoms with Gasteiger partial charge in [0.2, 0.25) is 0 Å². The van der Waals surface area contributed by atoms with Crippen LogP contribution in [-0.2, 0) is 0 Å². The van der Waals surface area contributed by atoms with E-state index in [9.17, 15) is 8.78 Å². The van der Waals surface area contributed by atoms with E-state index < -0.39 is 11.6 Å². The van der Waals surface area contributed by atoms with E-state index in [1.54, 1.807) is 0 Å². The number of benzene rings is 1. The first-order valence-corrected chi connectivity index (χ1v) is 4.28. The minimum absolute atomic E-state index is 0.0123. The van der Waals surface area contributed by atoms with Gasteiger partial charge >= 0.3 is 0 Å². The van der Waals surface area contributed by atoms with Gasteiger partial charge in [0.05, 0.1) is 0 Å². The van der Waals surface area contributed by atoms with Crippen LogP contribution in [0.5, 0.6) is 0 Å². The highest BCUT2D eigenvalue weighted by Gasteiger charge is 2.40. The predicted octanol–water partition coefficient (Wildman–Crippen LogP) is 2.06. The van der Waals surface area contributed by atoms with Crippen LogP contribution in [0.15, 0.2) is 18.2 Å². The van der Waals surface area contributed by atoms with Gasteiger partial charge < -0.3 is 5.11 Å². The molecule has 70 valence electrons. The summed E-state index contributed by atoms with van der Waals surface area (Å²) in [6, 6.07) is 3.86. The average Bonchev–Trinajstić information content (AvgIpc) is 2.83. The third-order valence-corrected chi connectivity index (χ3v) is 2.53. The van der Waals surface area contributed by atoms with Gasteiger partial charge in [-0.1, -0.05) is 6.07 Å². The van der Waals surface area contributed by atoms with Crippen molar-refractivity contribution in [3.63, 3.8) is 0 Å². The molecule has 0 spiro atoms. The van der Waals surface area contributed by atoms with E-state index in [0.717, 1.165) is 0 Å². The maximum atomic E-state index is 13.1. The summed E-state index contributed by atoms with van der Waals surface area (Å²) in [5, 5.41) is 8.77. The number of hydrogen-bond donors (Lipinski definition) is 1. The topological polar surface area (TPSA) is 20.2 Å². The van der Waals surface area contributed by atoms with Crippen LogP contribution in [-0.4, -0.2) is 11.7 Å². The van der Waals surface area contributed by atoms with Crippen LogP contribution in [0.1, 0.15) is 17.9 Å². The molecular weight excluding hydrogens is 174 g/mol. The summed E-state index contributed by atoms with van der Waals surface area (Å²) >= 11 is 0. The molecule has 0 bridgehead atoms. The minimum Gasteiger partial charge on any atom is -0.396 e. The second-order valence-corrected chi connectivity index (χ2v) is 3.42. The fourth-order valence-electron chi connectivity index (χ4n) is 1.67. The van der Waals surface area contributed by atoms with Gasteiger partial charge in [0.25, 0.3) is 0 Å². The van der Waals surface area contributed by atoms with Gasteiger partial charge in [0, 0.05) is 12.2 Å². The molecule has 2 rings (SSSR count). The molecule has 1 nitrogen and oxygen atoms in total. The third-order valence-electron chi connectivity index (χ3n) is 2.53. The van der Waals surface area contributed by atoms with Gasteiger partial charge in [-0.05, 0) is 30.4 Å². The van der Waals surface area contributed by atoms with Crippen LogP contribution in [0.3, 0.4) is 0 Å². The summed E-state index contributed by atoms with van der Waals surface area (Å²) in [6.45, 7) is 0.0123. The van der Waals surface area contributed by atoms with E-state index in [1.165, 1.54) is 18.2 Å². The summed E-state index contributed by atoms with van der Waals surface area (Å²) in [5.74, 6) is -1.07. The van der Waals surface area contributed by atoms with Crippen molar-refractivity contribution in [1.82, 2.24) is 0 Å². The van der Waals surface area contributed by atoms with E-state index in [2.05, 4.69) is 0 Å². The Morgan fingerprint density at radius 1 is 1.31 bits per heavy atom. The van der Waals surface area contributed by atoms with Crippen LogP contribution in [0, 0.1) is 17.6 Å². The Hall–Kier alpha value is -0.960. The molecule has 0 heterocycles. The number of halogens is 2. The summed E-state index contributed by atoms with van der Waals surface area (Å²) in [4.78, 5) is 0. The van der Waals surface area contributed by atoms with Crippen molar-refractivity contribution >= 4 is 0 Å². The zero-order valence-electron chi connectivity index (χ0n) is 7.00. The Morgan fingerprint density at radius 3 is 2.38 bits per heavy atom. The second-order valence-electron chi connectivity index (χ2n) is 3.42. The molecule has 0 radical (unpaired) electrons.